The van der Waals surface area contributed by atoms with E-state index in [1.165, 1.54) is 11.1 Å². The summed E-state index contributed by atoms with van der Waals surface area (Å²) in [6, 6.07) is 15.0. The molecule has 2 aromatic rings. The van der Waals surface area contributed by atoms with Crippen molar-refractivity contribution < 1.29 is 14.3 Å². The molecular weight excluding hydrogens is 290 g/mol. The summed E-state index contributed by atoms with van der Waals surface area (Å²) in [6.45, 7) is 8.75. The summed E-state index contributed by atoms with van der Waals surface area (Å²) in [5.74, 6) is 0.472. The van der Waals surface area contributed by atoms with Gasteiger partial charge in [0, 0.05) is 12.2 Å². The van der Waals surface area contributed by atoms with Crippen LogP contribution in [0.4, 0.5) is 10.5 Å². The second-order valence-electron chi connectivity index (χ2n) is 5.39. The molecule has 0 saturated heterocycles. The Bertz CT molecular complexity index is 655. The zero-order valence-electron chi connectivity index (χ0n) is 14.1. The van der Waals surface area contributed by atoms with Gasteiger partial charge in [0.1, 0.15) is 5.75 Å². The Hall–Kier alpha value is -2.49. The molecule has 0 aliphatic rings. The van der Waals surface area contributed by atoms with E-state index in [1.807, 2.05) is 36.9 Å². The van der Waals surface area contributed by atoms with Crippen molar-refractivity contribution in [3.8, 4) is 5.75 Å². The highest BCUT2D eigenvalue weighted by Gasteiger charge is 2.20. The van der Waals surface area contributed by atoms with Crippen LogP contribution in [0.25, 0.3) is 0 Å². The average molecular weight is 313 g/mol. The molecule has 0 heterocycles. The van der Waals surface area contributed by atoms with E-state index < -0.39 is 12.4 Å². The van der Waals surface area contributed by atoms with Crippen molar-refractivity contribution in [2.45, 2.75) is 33.9 Å². The number of carbonyl (C=O) groups excluding carboxylic acids is 1. The van der Waals surface area contributed by atoms with Crippen LogP contribution in [0.2, 0.25) is 0 Å². The molecule has 0 amide bonds. The highest BCUT2D eigenvalue weighted by Crippen LogP contribution is 2.25. The number of rotatable bonds is 5. The highest BCUT2D eigenvalue weighted by molar-refractivity contribution is 5.65. The second kappa shape index (κ2) is 7.68. The third-order valence-electron chi connectivity index (χ3n) is 3.88. The standard InChI is InChI=1S/C19H23NO3/c1-5-20(18-13-9-10-14(2)15(18)3)16(4)22-19(21)23-17-11-7-6-8-12-17/h6-13,16H,5H2,1-4H3. The molecular formula is C19H23NO3. The molecule has 4 heteroatoms. The van der Waals surface area contributed by atoms with Crippen LogP contribution in [0.5, 0.6) is 5.75 Å². The molecule has 122 valence electrons. The first-order valence-electron chi connectivity index (χ1n) is 7.79. The Labute approximate surface area is 137 Å². The van der Waals surface area contributed by atoms with Crippen LogP contribution in [0, 0.1) is 13.8 Å². The number of para-hydroxylation sites is 1. The first-order valence-corrected chi connectivity index (χ1v) is 7.79. The SMILES string of the molecule is CCN(c1cccc(C)c1C)C(C)OC(=O)Oc1ccccc1. The Morgan fingerprint density at radius 1 is 1.09 bits per heavy atom. The molecule has 4 nitrogen and oxygen atoms in total. The minimum absolute atomic E-state index is 0.420. The minimum atomic E-state index is -0.701. The molecule has 0 spiro atoms. The molecule has 0 N–H and O–H groups in total. The molecule has 23 heavy (non-hydrogen) atoms. The predicted octanol–water partition coefficient (Wildman–Crippen LogP) is 4.69. The van der Waals surface area contributed by atoms with Crippen molar-refractivity contribution in [2.24, 2.45) is 0 Å². The van der Waals surface area contributed by atoms with E-state index in [9.17, 15) is 4.79 Å². The van der Waals surface area contributed by atoms with Crippen molar-refractivity contribution in [3.63, 3.8) is 0 Å². The Balaban J connectivity index is 2.06. The van der Waals surface area contributed by atoms with Crippen LogP contribution in [0.15, 0.2) is 48.5 Å². The van der Waals surface area contributed by atoms with E-state index in [-0.39, 0.29) is 0 Å². The Morgan fingerprint density at radius 3 is 2.43 bits per heavy atom. The summed E-state index contributed by atoms with van der Waals surface area (Å²) in [4.78, 5) is 14.0. The third kappa shape index (κ3) is 4.25. The van der Waals surface area contributed by atoms with Gasteiger partial charge in [-0.15, -0.1) is 0 Å². The lowest BCUT2D eigenvalue weighted by molar-refractivity contribution is 0.0645. The summed E-state index contributed by atoms with van der Waals surface area (Å²) < 4.78 is 10.6. The number of anilines is 1. The maximum absolute atomic E-state index is 12.0. The Kier molecular flexibility index (Phi) is 5.63. The number of ether oxygens (including phenoxy) is 2. The maximum Gasteiger partial charge on any atom is 0.515 e. The smallest absolute Gasteiger partial charge is 0.410 e. The molecule has 0 aliphatic carbocycles. The first kappa shape index (κ1) is 16.9. The molecule has 0 aromatic heterocycles. The lowest BCUT2D eigenvalue weighted by Gasteiger charge is -2.30. The molecule has 0 fully saturated rings. The van der Waals surface area contributed by atoms with Gasteiger partial charge < -0.3 is 14.4 Å². The molecule has 1 unspecified atom stereocenters. The van der Waals surface area contributed by atoms with Crippen LogP contribution in [-0.2, 0) is 4.74 Å². The van der Waals surface area contributed by atoms with Gasteiger partial charge in [-0.05, 0) is 57.0 Å². The van der Waals surface area contributed by atoms with E-state index in [0.29, 0.717) is 5.75 Å². The van der Waals surface area contributed by atoms with Crippen LogP contribution in [0.3, 0.4) is 0 Å². The summed E-state index contributed by atoms with van der Waals surface area (Å²) in [5.41, 5.74) is 3.45. The van der Waals surface area contributed by atoms with Crippen molar-refractivity contribution >= 4 is 11.8 Å². The van der Waals surface area contributed by atoms with Crippen molar-refractivity contribution in [2.75, 3.05) is 11.4 Å². The lowest BCUT2D eigenvalue weighted by Crippen LogP contribution is -2.37. The van der Waals surface area contributed by atoms with Gasteiger partial charge in [-0.25, -0.2) is 4.79 Å². The quantitative estimate of drug-likeness (QED) is 0.456. The van der Waals surface area contributed by atoms with Gasteiger partial charge >= 0.3 is 6.16 Å². The highest BCUT2D eigenvalue weighted by atomic mass is 16.7. The molecule has 0 saturated carbocycles. The molecule has 0 aliphatic heterocycles. The monoisotopic (exact) mass is 313 g/mol. The fraction of sp³-hybridized carbons (Fsp3) is 0.316. The first-order chi connectivity index (χ1) is 11.0. The molecule has 2 rings (SSSR count). The van der Waals surface area contributed by atoms with Gasteiger partial charge in [0.25, 0.3) is 0 Å². The fourth-order valence-electron chi connectivity index (χ4n) is 2.48. The number of nitrogens with zero attached hydrogens (tertiary/aromatic N) is 1. The van der Waals surface area contributed by atoms with Gasteiger partial charge in [0.15, 0.2) is 6.23 Å². The number of hydrogen-bond acceptors (Lipinski definition) is 4. The van der Waals surface area contributed by atoms with E-state index in [1.54, 1.807) is 24.3 Å². The second-order valence-corrected chi connectivity index (χ2v) is 5.39. The molecule has 0 radical (unpaired) electrons. The normalized spacial score (nSPS) is 11.7. The minimum Gasteiger partial charge on any atom is -0.410 e. The van der Waals surface area contributed by atoms with Gasteiger partial charge in [-0.1, -0.05) is 30.3 Å². The number of aryl methyl sites for hydroxylation is 1. The van der Waals surface area contributed by atoms with E-state index in [0.717, 1.165) is 12.2 Å². The van der Waals surface area contributed by atoms with E-state index in [4.69, 9.17) is 9.47 Å². The average Bonchev–Trinajstić information content (AvgIpc) is 2.53. The van der Waals surface area contributed by atoms with Crippen molar-refractivity contribution in [1.82, 2.24) is 0 Å². The van der Waals surface area contributed by atoms with Crippen molar-refractivity contribution in [3.05, 3.63) is 59.7 Å². The summed E-state index contributed by atoms with van der Waals surface area (Å²) in [6.07, 6.45) is -1.12. The Morgan fingerprint density at radius 2 is 1.78 bits per heavy atom. The number of benzene rings is 2. The summed E-state index contributed by atoms with van der Waals surface area (Å²) in [5, 5.41) is 0. The fourth-order valence-corrected chi connectivity index (χ4v) is 2.48. The van der Waals surface area contributed by atoms with Gasteiger partial charge in [-0.2, -0.15) is 0 Å². The van der Waals surface area contributed by atoms with Crippen LogP contribution in [0.1, 0.15) is 25.0 Å². The van der Waals surface area contributed by atoms with Crippen molar-refractivity contribution in [1.29, 1.82) is 0 Å². The summed E-state index contributed by atoms with van der Waals surface area (Å²) >= 11 is 0. The van der Waals surface area contributed by atoms with Gasteiger partial charge in [0.2, 0.25) is 0 Å². The summed E-state index contributed by atoms with van der Waals surface area (Å²) in [7, 11) is 0. The van der Waals surface area contributed by atoms with Crippen LogP contribution in [-0.4, -0.2) is 18.9 Å². The third-order valence-corrected chi connectivity index (χ3v) is 3.88. The topological polar surface area (TPSA) is 38.8 Å². The largest absolute Gasteiger partial charge is 0.515 e. The maximum atomic E-state index is 12.0. The number of hydrogen-bond donors (Lipinski definition) is 0. The van der Waals surface area contributed by atoms with E-state index >= 15 is 0 Å². The molecule has 0 bridgehead atoms. The number of carbonyl (C=O) groups is 1. The van der Waals surface area contributed by atoms with Gasteiger partial charge in [0.05, 0.1) is 0 Å². The van der Waals surface area contributed by atoms with Gasteiger partial charge in [-0.3, -0.25) is 0 Å². The lowest BCUT2D eigenvalue weighted by atomic mass is 10.1. The molecule has 1 atom stereocenters. The predicted molar refractivity (Wildman–Crippen MR) is 91.9 cm³/mol. The zero-order valence-corrected chi connectivity index (χ0v) is 14.1. The molecule has 2 aromatic carbocycles. The van der Waals surface area contributed by atoms with E-state index in [2.05, 4.69) is 19.9 Å². The zero-order chi connectivity index (χ0) is 16.8. The van der Waals surface area contributed by atoms with Crippen LogP contribution >= 0.6 is 0 Å². The van der Waals surface area contributed by atoms with Crippen LogP contribution < -0.4 is 9.64 Å².